The van der Waals surface area contributed by atoms with Crippen molar-refractivity contribution >= 4 is 11.8 Å². The molecule has 0 bridgehead atoms. The van der Waals surface area contributed by atoms with Crippen LogP contribution in [0.5, 0.6) is 0 Å². The van der Waals surface area contributed by atoms with Crippen LogP contribution in [0, 0.1) is 0 Å². The average molecular weight is 327 g/mol. The largest absolute Gasteiger partial charge is 0.357 e. The van der Waals surface area contributed by atoms with Crippen LogP contribution in [0.3, 0.4) is 0 Å². The molecule has 128 valence electrons. The predicted molar refractivity (Wildman–Crippen MR) is 96.2 cm³/mol. The molecular formula is C17H25N7. The summed E-state index contributed by atoms with van der Waals surface area (Å²) in [4.78, 5) is 17.9. The number of aromatic nitrogens is 3. The third-order valence-corrected chi connectivity index (χ3v) is 4.07. The number of nitrogens with zero attached hydrogens (tertiary/aromatic N) is 6. The van der Waals surface area contributed by atoms with Gasteiger partial charge in [-0.1, -0.05) is 6.07 Å². The number of piperazine rings is 1. The fourth-order valence-corrected chi connectivity index (χ4v) is 2.80. The topological polar surface area (TPSA) is 61.6 Å². The highest BCUT2D eigenvalue weighted by molar-refractivity contribution is 5.80. The molecule has 7 nitrogen and oxygen atoms in total. The Morgan fingerprint density at radius 2 is 2.08 bits per heavy atom. The Morgan fingerprint density at radius 1 is 1.21 bits per heavy atom. The zero-order valence-corrected chi connectivity index (χ0v) is 14.2. The second kappa shape index (κ2) is 8.33. The van der Waals surface area contributed by atoms with Crippen LogP contribution in [0.4, 0.5) is 5.82 Å². The maximum absolute atomic E-state index is 4.76. The number of aliphatic imine (C=N–C) groups is 1. The molecule has 3 heterocycles. The molecule has 0 saturated carbocycles. The standard InChI is InChI=1S/C17H25N7/c1-2-19-17(21-8-10-22-9-7-18-15-22)24-13-11-23(12-14-24)16-5-3-4-6-20-16/h3-7,9,15H,2,8,10-14H2,1H3,(H,19,21). The Hall–Kier alpha value is -2.57. The van der Waals surface area contributed by atoms with E-state index in [0.29, 0.717) is 0 Å². The highest BCUT2D eigenvalue weighted by Crippen LogP contribution is 2.12. The van der Waals surface area contributed by atoms with Crippen LogP contribution in [0.15, 0.2) is 48.1 Å². The minimum Gasteiger partial charge on any atom is -0.357 e. The highest BCUT2D eigenvalue weighted by Gasteiger charge is 2.20. The van der Waals surface area contributed by atoms with E-state index in [2.05, 4.69) is 38.1 Å². The summed E-state index contributed by atoms with van der Waals surface area (Å²) in [6.45, 7) is 8.41. The minimum absolute atomic E-state index is 0.749. The summed E-state index contributed by atoms with van der Waals surface area (Å²) in [7, 11) is 0. The number of hydrogen-bond acceptors (Lipinski definition) is 4. The summed E-state index contributed by atoms with van der Waals surface area (Å²) >= 11 is 0. The van der Waals surface area contributed by atoms with Gasteiger partial charge in [-0.15, -0.1) is 0 Å². The fourth-order valence-electron chi connectivity index (χ4n) is 2.80. The van der Waals surface area contributed by atoms with E-state index in [1.54, 1.807) is 6.20 Å². The molecule has 1 aliphatic heterocycles. The smallest absolute Gasteiger partial charge is 0.194 e. The van der Waals surface area contributed by atoms with Crippen molar-refractivity contribution in [3.8, 4) is 0 Å². The van der Waals surface area contributed by atoms with Gasteiger partial charge in [-0.25, -0.2) is 9.97 Å². The Balaban J connectivity index is 1.55. The summed E-state index contributed by atoms with van der Waals surface area (Å²) in [5.41, 5.74) is 0. The summed E-state index contributed by atoms with van der Waals surface area (Å²) in [5, 5.41) is 3.40. The molecule has 0 aliphatic carbocycles. The number of hydrogen-bond donors (Lipinski definition) is 1. The first-order valence-electron chi connectivity index (χ1n) is 8.52. The summed E-state index contributed by atoms with van der Waals surface area (Å²) in [6, 6.07) is 6.06. The first kappa shape index (κ1) is 16.3. The van der Waals surface area contributed by atoms with E-state index in [1.807, 2.05) is 35.4 Å². The zero-order chi connectivity index (χ0) is 16.6. The van der Waals surface area contributed by atoms with E-state index < -0.39 is 0 Å². The van der Waals surface area contributed by atoms with Crippen molar-refractivity contribution in [2.75, 3.05) is 44.2 Å². The summed E-state index contributed by atoms with van der Waals surface area (Å²) in [5.74, 6) is 2.05. The van der Waals surface area contributed by atoms with Crippen molar-refractivity contribution in [2.24, 2.45) is 4.99 Å². The molecule has 2 aromatic rings. The van der Waals surface area contributed by atoms with Gasteiger partial charge in [0.2, 0.25) is 0 Å². The van der Waals surface area contributed by atoms with Crippen LogP contribution in [-0.4, -0.2) is 64.7 Å². The summed E-state index contributed by atoms with van der Waals surface area (Å²) in [6.07, 6.45) is 7.44. The number of rotatable bonds is 5. The molecule has 1 aliphatic rings. The minimum atomic E-state index is 0.749. The molecule has 1 N–H and O–H groups in total. The molecule has 1 fully saturated rings. The molecule has 2 aromatic heterocycles. The zero-order valence-electron chi connectivity index (χ0n) is 14.2. The Kier molecular flexibility index (Phi) is 5.65. The van der Waals surface area contributed by atoms with Crippen molar-refractivity contribution in [2.45, 2.75) is 13.5 Å². The van der Waals surface area contributed by atoms with Crippen LogP contribution < -0.4 is 10.2 Å². The van der Waals surface area contributed by atoms with Gasteiger partial charge in [0.1, 0.15) is 5.82 Å². The lowest BCUT2D eigenvalue weighted by molar-refractivity contribution is 0.371. The molecule has 3 rings (SSSR count). The van der Waals surface area contributed by atoms with Crippen LogP contribution >= 0.6 is 0 Å². The second-order valence-corrected chi connectivity index (χ2v) is 5.70. The van der Waals surface area contributed by atoms with E-state index in [-0.39, 0.29) is 0 Å². The second-order valence-electron chi connectivity index (χ2n) is 5.70. The van der Waals surface area contributed by atoms with Crippen molar-refractivity contribution in [3.05, 3.63) is 43.1 Å². The van der Waals surface area contributed by atoms with E-state index in [0.717, 1.165) is 57.6 Å². The first-order chi connectivity index (χ1) is 11.9. The lowest BCUT2D eigenvalue weighted by Crippen LogP contribution is -2.52. The van der Waals surface area contributed by atoms with Gasteiger partial charge < -0.3 is 19.7 Å². The Bertz CT molecular complexity index is 616. The third kappa shape index (κ3) is 4.24. The normalized spacial score (nSPS) is 15.6. The van der Waals surface area contributed by atoms with Gasteiger partial charge in [0.25, 0.3) is 0 Å². The van der Waals surface area contributed by atoms with Gasteiger partial charge in [0.15, 0.2) is 5.96 Å². The molecule has 0 unspecified atom stereocenters. The van der Waals surface area contributed by atoms with Crippen LogP contribution in [0.1, 0.15) is 6.92 Å². The fraction of sp³-hybridized carbons (Fsp3) is 0.471. The lowest BCUT2D eigenvalue weighted by Gasteiger charge is -2.37. The molecule has 0 atom stereocenters. The molecule has 0 radical (unpaired) electrons. The Morgan fingerprint density at radius 3 is 2.75 bits per heavy atom. The van der Waals surface area contributed by atoms with E-state index >= 15 is 0 Å². The van der Waals surface area contributed by atoms with Gasteiger partial charge in [-0.3, -0.25) is 4.99 Å². The van der Waals surface area contributed by atoms with Crippen molar-refractivity contribution in [1.82, 2.24) is 24.8 Å². The van der Waals surface area contributed by atoms with Crippen molar-refractivity contribution < 1.29 is 0 Å². The Labute approximate surface area is 143 Å². The van der Waals surface area contributed by atoms with Gasteiger partial charge in [0.05, 0.1) is 12.9 Å². The van der Waals surface area contributed by atoms with Gasteiger partial charge in [0, 0.05) is 57.9 Å². The van der Waals surface area contributed by atoms with Gasteiger partial charge >= 0.3 is 0 Å². The van der Waals surface area contributed by atoms with Crippen molar-refractivity contribution in [1.29, 1.82) is 0 Å². The average Bonchev–Trinajstić information content (AvgIpc) is 3.15. The molecule has 24 heavy (non-hydrogen) atoms. The molecular weight excluding hydrogens is 302 g/mol. The quantitative estimate of drug-likeness (QED) is 0.657. The van der Waals surface area contributed by atoms with E-state index in [1.165, 1.54) is 0 Å². The molecule has 0 amide bonds. The first-order valence-corrected chi connectivity index (χ1v) is 8.52. The maximum Gasteiger partial charge on any atom is 0.194 e. The number of anilines is 1. The molecule has 1 saturated heterocycles. The molecule has 0 aromatic carbocycles. The van der Waals surface area contributed by atoms with Crippen molar-refractivity contribution in [3.63, 3.8) is 0 Å². The lowest BCUT2D eigenvalue weighted by atomic mass is 10.3. The monoisotopic (exact) mass is 327 g/mol. The highest BCUT2D eigenvalue weighted by atomic mass is 15.4. The number of pyridine rings is 1. The van der Waals surface area contributed by atoms with Crippen LogP contribution in [0.25, 0.3) is 0 Å². The van der Waals surface area contributed by atoms with Crippen LogP contribution in [-0.2, 0) is 6.54 Å². The van der Waals surface area contributed by atoms with E-state index in [4.69, 9.17) is 4.99 Å². The third-order valence-electron chi connectivity index (χ3n) is 4.07. The molecule has 0 spiro atoms. The van der Waals surface area contributed by atoms with E-state index in [9.17, 15) is 0 Å². The van der Waals surface area contributed by atoms with Gasteiger partial charge in [-0.05, 0) is 19.1 Å². The SMILES string of the molecule is CCNC(=NCCn1ccnc1)N1CCN(c2ccccn2)CC1. The number of imidazole rings is 1. The summed E-state index contributed by atoms with van der Waals surface area (Å²) < 4.78 is 2.05. The predicted octanol–water partition coefficient (Wildman–Crippen LogP) is 1.07. The molecule has 7 heteroatoms. The van der Waals surface area contributed by atoms with Crippen LogP contribution in [0.2, 0.25) is 0 Å². The van der Waals surface area contributed by atoms with Gasteiger partial charge in [-0.2, -0.15) is 0 Å². The maximum atomic E-state index is 4.76. The number of guanidine groups is 1. The number of nitrogens with one attached hydrogen (secondary N) is 1.